The number of hydrogen-bond donors (Lipinski definition) is 1. The molecule has 0 aliphatic rings. The Hall–Kier alpha value is -1.84. The largest absolute Gasteiger partial charge is 0.307 e. The van der Waals surface area contributed by atoms with Gasteiger partial charge in [-0.05, 0) is 37.3 Å². The first kappa shape index (κ1) is 14.6. The van der Waals surface area contributed by atoms with Crippen molar-refractivity contribution in [3.8, 4) is 0 Å². The van der Waals surface area contributed by atoms with Crippen LogP contribution in [0.2, 0.25) is 10.0 Å². The highest BCUT2D eigenvalue weighted by Gasteiger charge is 2.03. The highest BCUT2D eigenvalue weighted by Crippen LogP contribution is 2.25. The maximum atomic E-state index is 11.8. The molecule has 2 rings (SSSR count). The lowest BCUT2D eigenvalue weighted by Gasteiger charge is -2.03. The molecule has 0 aliphatic carbocycles. The monoisotopic (exact) mass is 306 g/mol. The zero-order valence-corrected chi connectivity index (χ0v) is 12.2. The fraction of sp³-hybridized carbons (Fsp3) is 0.0667. The van der Waals surface area contributed by atoms with Gasteiger partial charge in [0.1, 0.15) is 5.82 Å². The maximum absolute atomic E-state index is 11.8. The summed E-state index contributed by atoms with van der Waals surface area (Å²) in [4.78, 5) is 16.0. The predicted octanol–water partition coefficient (Wildman–Crippen LogP) is 4.35. The number of anilines is 1. The summed E-state index contributed by atoms with van der Waals surface area (Å²) >= 11 is 12.0. The van der Waals surface area contributed by atoms with E-state index in [1.54, 1.807) is 30.3 Å². The van der Waals surface area contributed by atoms with E-state index in [-0.39, 0.29) is 5.91 Å². The minimum Gasteiger partial charge on any atom is -0.307 e. The van der Waals surface area contributed by atoms with Crippen molar-refractivity contribution in [1.82, 2.24) is 4.98 Å². The maximum Gasteiger partial charge on any atom is 0.249 e. The lowest BCUT2D eigenvalue weighted by atomic mass is 10.2. The highest BCUT2D eigenvalue weighted by molar-refractivity contribution is 6.37. The molecule has 0 bridgehead atoms. The molecule has 102 valence electrons. The van der Waals surface area contributed by atoms with Crippen LogP contribution in [0.1, 0.15) is 11.3 Å². The minimum atomic E-state index is -0.293. The normalized spacial score (nSPS) is 10.8. The number of nitrogens with zero attached hydrogens (tertiary/aromatic N) is 1. The first-order valence-electron chi connectivity index (χ1n) is 5.93. The van der Waals surface area contributed by atoms with Gasteiger partial charge in [-0.2, -0.15) is 0 Å². The molecule has 0 fully saturated rings. The summed E-state index contributed by atoms with van der Waals surface area (Å²) in [7, 11) is 0. The molecule has 0 atom stereocenters. The van der Waals surface area contributed by atoms with E-state index < -0.39 is 0 Å². The fourth-order valence-electron chi connectivity index (χ4n) is 1.61. The van der Waals surface area contributed by atoms with Crippen molar-refractivity contribution in [2.45, 2.75) is 6.92 Å². The lowest BCUT2D eigenvalue weighted by molar-refractivity contribution is -0.111. The van der Waals surface area contributed by atoms with E-state index >= 15 is 0 Å². The summed E-state index contributed by atoms with van der Waals surface area (Å²) in [6.45, 7) is 1.86. The first-order valence-corrected chi connectivity index (χ1v) is 6.68. The smallest absolute Gasteiger partial charge is 0.249 e. The molecule has 2 aromatic rings. The van der Waals surface area contributed by atoms with Gasteiger partial charge in [-0.3, -0.25) is 4.79 Å². The van der Waals surface area contributed by atoms with Crippen LogP contribution < -0.4 is 5.32 Å². The molecule has 0 radical (unpaired) electrons. The van der Waals surface area contributed by atoms with Crippen molar-refractivity contribution >= 4 is 41.0 Å². The van der Waals surface area contributed by atoms with Gasteiger partial charge < -0.3 is 5.32 Å². The van der Waals surface area contributed by atoms with Crippen LogP contribution in [-0.4, -0.2) is 10.9 Å². The Labute approximate surface area is 127 Å². The number of hydrogen-bond acceptors (Lipinski definition) is 2. The Kier molecular flexibility index (Phi) is 4.77. The molecule has 0 spiro atoms. The van der Waals surface area contributed by atoms with Crippen LogP contribution in [0.15, 0.2) is 42.5 Å². The van der Waals surface area contributed by atoms with E-state index in [0.717, 1.165) is 5.69 Å². The van der Waals surface area contributed by atoms with Crippen LogP contribution in [0.5, 0.6) is 0 Å². The van der Waals surface area contributed by atoms with Crippen molar-refractivity contribution < 1.29 is 4.79 Å². The Morgan fingerprint density at radius 2 is 1.80 bits per heavy atom. The third-order valence-electron chi connectivity index (χ3n) is 2.54. The predicted molar refractivity (Wildman–Crippen MR) is 83.1 cm³/mol. The molecule has 0 saturated heterocycles. The Balaban J connectivity index is 2.10. The average molecular weight is 307 g/mol. The number of carbonyl (C=O) groups is 1. The molecule has 0 aliphatic heterocycles. The number of amides is 1. The molecule has 3 nitrogen and oxygen atoms in total. The molecule has 1 aromatic heterocycles. The number of nitrogens with one attached hydrogen (secondary N) is 1. The molecular formula is C15H12Cl2N2O. The van der Waals surface area contributed by atoms with Crippen LogP contribution in [0.25, 0.3) is 6.08 Å². The zero-order chi connectivity index (χ0) is 14.5. The third kappa shape index (κ3) is 3.83. The number of pyridine rings is 1. The Bertz CT molecular complexity index is 648. The lowest BCUT2D eigenvalue weighted by Crippen LogP contribution is -2.09. The third-order valence-corrected chi connectivity index (χ3v) is 3.20. The average Bonchev–Trinajstić information content (AvgIpc) is 2.38. The quantitative estimate of drug-likeness (QED) is 0.857. The molecule has 1 amide bonds. The highest BCUT2D eigenvalue weighted by atomic mass is 35.5. The second-order valence-electron chi connectivity index (χ2n) is 4.12. The minimum absolute atomic E-state index is 0.293. The van der Waals surface area contributed by atoms with E-state index in [9.17, 15) is 4.79 Å². The van der Waals surface area contributed by atoms with Crippen LogP contribution in [0.3, 0.4) is 0 Å². The summed E-state index contributed by atoms with van der Waals surface area (Å²) in [6, 6.07) is 10.6. The van der Waals surface area contributed by atoms with E-state index in [4.69, 9.17) is 23.2 Å². The molecule has 5 heteroatoms. The molecule has 1 heterocycles. The second kappa shape index (κ2) is 6.55. The fourth-order valence-corrected chi connectivity index (χ4v) is 2.13. The molecule has 1 N–H and O–H groups in total. The van der Waals surface area contributed by atoms with Crippen molar-refractivity contribution in [3.63, 3.8) is 0 Å². The summed E-state index contributed by atoms with van der Waals surface area (Å²) in [5.41, 5.74) is 1.45. The van der Waals surface area contributed by atoms with Gasteiger partial charge in [0.2, 0.25) is 5.91 Å². The van der Waals surface area contributed by atoms with E-state index in [1.807, 2.05) is 19.1 Å². The number of carbonyl (C=O) groups excluding carboxylic acids is 1. The standard InChI is InChI=1S/C15H12Cl2N2O/c1-10-4-2-7-14(18-10)19-15(20)9-8-11-12(16)5-3-6-13(11)17/h2-9H,1H3,(H,18,19,20)/b9-8+. The topological polar surface area (TPSA) is 42.0 Å². The molecule has 0 unspecified atom stereocenters. The summed E-state index contributed by atoms with van der Waals surface area (Å²) < 4.78 is 0. The molecule has 20 heavy (non-hydrogen) atoms. The number of aryl methyl sites for hydroxylation is 1. The van der Waals surface area contributed by atoms with Crippen LogP contribution in [0, 0.1) is 6.92 Å². The zero-order valence-electron chi connectivity index (χ0n) is 10.7. The molecule has 1 aromatic carbocycles. The van der Waals surface area contributed by atoms with Crippen molar-refractivity contribution in [2.75, 3.05) is 5.32 Å². The van der Waals surface area contributed by atoms with Gasteiger partial charge in [-0.15, -0.1) is 0 Å². The summed E-state index contributed by atoms with van der Waals surface area (Å²) in [6.07, 6.45) is 2.95. The van der Waals surface area contributed by atoms with E-state index in [1.165, 1.54) is 6.08 Å². The summed E-state index contributed by atoms with van der Waals surface area (Å²) in [5.74, 6) is 0.212. The molecular weight excluding hydrogens is 295 g/mol. The first-order chi connectivity index (χ1) is 9.56. The Morgan fingerprint density at radius 1 is 1.15 bits per heavy atom. The van der Waals surface area contributed by atoms with Crippen molar-refractivity contribution in [3.05, 3.63) is 63.8 Å². The van der Waals surface area contributed by atoms with Crippen LogP contribution in [0.4, 0.5) is 5.82 Å². The van der Waals surface area contributed by atoms with E-state index in [2.05, 4.69) is 10.3 Å². The molecule has 0 saturated carbocycles. The van der Waals surface area contributed by atoms with Gasteiger partial charge in [-0.25, -0.2) is 4.98 Å². The van der Waals surface area contributed by atoms with E-state index in [0.29, 0.717) is 21.4 Å². The number of rotatable bonds is 3. The number of benzene rings is 1. The SMILES string of the molecule is Cc1cccc(NC(=O)/C=C/c2c(Cl)cccc2Cl)n1. The van der Waals surface area contributed by atoms with Gasteiger partial charge in [0.15, 0.2) is 0 Å². The van der Waals surface area contributed by atoms with Gasteiger partial charge >= 0.3 is 0 Å². The second-order valence-corrected chi connectivity index (χ2v) is 4.94. The van der Waals surface area contributed by atoms with Crippen LogP contribution in [-0.2, 0) is 4.79 Å². The van der Waals surface area contributed by atoms with Crippen LogP contribution >= 0.6 is 23.2 Å². The Morgan fingerprint density at radius 3 is 2.45 bits per heavy atom. The number of aromatic nitrogens is 1. The summed E-state index contributed by atoms with van der Waals surface area (Å²) in [5, 5.41) is 3.66. The number of halogens is 2. The van der Waals surface area contributed by atoms with Gasteiger partial charge in [0.05, 0.1) is 0 Å². The van der Waals surface area contributed by atoms with Gasteiger partial charge in [0, 0.05) is 27.4 Å². The van der Waals surface area contributed by atoms with Crippen molar-refractivity contribution in [1.29, 1.82) is 0 Å². The van der Waals surface area contributed by atoms with Gasteiger partial charge in [-0.1, -0.05) is 35.3 Å². The van der Waals surface area contributed by atoms with Crippen molar-refractivity contribution in [2.24, 2.45) is 0 Å². The van der Waals surface area contributed by atoms with Gasteiger partial charge in [0.25, 0.3) is 0 Å².